The lowest BCUT2D eigenvalue weighted by Gasteiger charge is -2.23. The lowest BCUT2D eigenvalue weighted by molar-refractivity contribution is -0.146. The number of sulfonamides is 1. The molecule has 168 valence electrons. The second kappa shape index (κ2) is 8.92. The van der Waals surface area contributed by atoms with Crippen LogP contribution in [0.25, 0.3) is 0 Å². The van der Waals surface area contributed by atoms with Crippen molar-refractivity contribution in [3.05, 3.63) is 35.9 Å². The molecule has 0 bridgehead atoms. The number of aryl methyl sites for hydroxylation is 1. The van der Waals surface area contributed by atoms with E-state index in [4.69, 9.17) is 0 Å². The first-order valence-corrected chi connectivity index (χ1v) is 12.0. The third-order valence-corrected chi connectivity index (χ3v) is 8.16. The Morgan fingerprint density at radius 1 is 1.13 bits per heavy atom. The first kappa shape index (κ1) is 23.1. The molecule has 1 saturated heterocycles. The summed E-state index contributed by atoms with van der Waals surface area (Å²) < 4.78 is 27.0. The number of hydrogen-bond acceptors (Lipinski definition) is 5. The normalized spacial score (nSPS) is 22.0. The fraction of sp³-hybridized carbons (Fsp3) is 0.500. The van der Waals surface area contributed by atoms with Gasteiger partial charge in [-0.1, -0.05) is 32.1 Å². The molecule has 1 N–H and O–H groups in total. The highest BCUT2D eigenvalue weighted by Gasteiger charge is 2.50. The zero-order valence-electron chi connectivity index (χ0n) is 18.3. The molecule has 1 aliphatic heterocycles. The maximum atomic E-state index is 12.9. The number of nitrogens with zero attached hydrogens (tertiary/aromatic N) is 2. The van der Waals surface area contributed by atoms with Gasteiger partial charge in [0.1, 0.15) is 6.04 Å². The van der Waals surface area contributed by atoms with E-state index in [1.807, 2.05) is 12.2 Å². The van der Waals surface area contributed by atoms with Crippen LogP contribution in [0.1, 0.15) is 39.2 Å². The average Bonchev–Trinajstić information content (AvgIpc) is 3.00. The van der Waals surface area contributed by atoms with Crippen LogP contribution in [-0.4, -0.2) is 54.5 Å². The number of benzene rings is 1. The van der Waals surface area contributed by atoms with E-state index >= 15 is 0 Å². The second-order valence-electron chi connectivity index (χ2n) is 7.93. The van der Waals surface area contributed by atoms with Crippen molar-refractivity contribution >= 4 is 33.4 Å². The summed E-state index contributed by atoms with van der Waals surface area (Å²) in [6.07, 6.45) is 4.80. The fourth-order valence-corrected chi connectivity index (χ4v) is 5.66. The van der Waals surface area contributed by atoms with Crippen molar-refractivity contribution in [1.29, 1.82) is 0 Å². The molecule has 0 saturated carbocycles. The number of carbonyl (C=O) groups excluding carboxylic acids is 3. The molecule has 31 heavy (non-hydrogen) atoms. The van der Waals surface area contributed by atoms with Gasteiger partial charge < -0.3 is 5.32 Å². The van der Waals surface area contributed by atoms with E-state index in [1.54, 1.807) is 26.8 Å². The Morgan fingerprint density at radius 2 is 1.68 bits per heavy atom. The molecular weight excluding hydrogens is 418 g/mol. The molecule has 0 unspecified atom stereocenters. The average molecular weight is 448 g/mol. The molecule has 8 nitrogen and oxygen atoms in total. The van der Waals surface area contributed by atoms with Crippen LogP contribution in [0.2, 0.25) is 0 Å². The van der Waals surface area contributed by atoms with Gasteiger partial charge in [0.05, 0.1) is 16.7 Å². The van der Waals surface area contributed by atoms with Crippen LogP contribution in [-0.2, 0) is 24.4 Å². The zero-order chi connectivity index (χ0) is 22.9. The maximum Gasteiger partial charge on any atom is 0.247 e. The number of carbonyl (C=O) groups is 3. The quantitative estimate of drug-likeness (QED) is 0.510. The number of anilines is 1. The van der Waals surface area contributed by atoms with E-state index in [0.29, 0.717) is 37.2 Å². The Balaban J connectivity index is 1.82. The molecule has 9 heteroatoms. The lowest BCUT2D eigenvalue weighted by atomic mass is 9.85. The first-order chi connectivity index (χ1) is 14.6. The van der Waals surface area contributed by atoms with E-state index < -0.39 is 33.8 Å². The second-order valence-corrected chi connectivity index (χ2v) is 9.87. The summed E-state index contributed by atoms with van der Waals surface area (Å²) in [5.74, 6) is -1.99. The number of likely N-dealkylation sites (tertiary alicyclic amines) is 1. The molecule has 3 atom stereocenters. The van der Waals surface area contributed by atoms with Crippen molar-refractivity contribution in [2.45, 2.75) is 51.5 Å². The Bertz CT molecular complexity index is 1000. The predicted octanol–water partition coefficient (Wildman–Crippen LogP) is 2.30. The van der Waals surface area contributed by atoms with Crippen molar-refractivity contribution in [1.82, 2.24) is 9.21 Å². The maximum absolute atomic E-state index is 12.9. The SMILES string of the molecule is CCN(CC)S(=O)(=O)c1ccc(C)c(NC(=O)[C@H](C)N2C(=O)[C@@H]3CC=CC[C@H]3C2=O)c1. The Kier molecular flexibility index (Phi) is 6.66. The van der Waals surface area contributed by atoms with E-state index in [1.165, 1.54) is 23.4 Å². The minimum atomic E-state index is -3.69. The molecule has 1 aliphatic carbocycles. The van der Waals surface area contributed by atoms with Gasteiger partial charge >= 0.3 is 0 Å². The van der Waals surface area contributed by atoms with Crippen molar-refractivity contribution < 1.29 is 22.8 Å². The molecule has 0 radical (unpaired) electrons. The minimum Gasteiger partial charge on any atom is -0.324 e. The van der Waals surface area contributed by atoms with Gasteiger partial charge in [0, 0.05) is 18.8 Å². The first-order valence-electron chi connectivity index (χ1n) is 10.6. The zero-order valence-corrected chi connectivity index (χ0v) is 19.1. The molecule has 0 spiro atoms. The number of fused-ring (bicyclic) bond motifs is 1. The molecule has 3 amide bonds. The number of rotatable bonds is 7. The molecule has 1 heterocycles. The van der Waals surface area contributed by atoms with Crippen molar-refractivity contribution in [2.24, 2.45) is 11.8 Å². The fourth-order valence-electron chi connectivity index (χ4n) is 4.17. The topological polar surface area (TPSA) is 104 Å². The standard InChI is InChI=1S/C22H29N3O5S/c1-5-24(6-2)31(29,30)16-12-11-14(3)19(13-16)23-20(26)15(4)25-21(27)17-9-7-8-10-18(17)22(25)28/h7-8,11-13,15,17-18H,5-6,9-10H2,1-4H3,(H,23,26)/t15-,17+,18+/m0/s1. The number of imide groups is 1. The van der Waals surface area contributed by atoms with Gasteiger partial charge in [-0.2, -0.15) is 4.31 Å². The van der Waals surface area contributed by atoms with Crippen LogP contribution in [0.15, 0.2) is 35.2 Å². The van der Waals surface area contributed by atoms with Gasteiger partial charge in [0.15, 0.2) is 0 Å². The summed E-state index contributed by atoms with van der Waals surface area (Å²) in [6.45, 7) is 7.46. The van der Waals surface area contributed by atoms with E-state index in [-0.39, 0.29) is 16.7 Å². The molecule has 1 fully saturated rings. The number of hydrogen-bond donors (Lipinski definition) is 1. The minimum absolute atomic E-state index is 0.0789. The lowest BCUT2D eigenvalue weighted by Crippen LogP contribution is -2.46. The van der Waals surface area contributed by atoms with Gasteiger partial charge in [-0.25, -0.2) is 8.42 Å². The van der Waals surface area contributed by atoms with Crippen LogP contribution in [0.4, 0.5) is 5.69 Å². The summed E-state index contributed by atoms with van der Waals surface area (Å²) in [5, 5.41) is 2.71. The Hall–Kier alpha value is -2.52. The smallest absolute Gasteiger partial charge is 0.247 e. The third kappa shape index (κ3) is 4.16. The Labute approximate surface area is 183 Å². The number of amides is 3. The summed E-state index contributed by atoms with van der Waals surface area (Å²) in [6, 6.07) is 3.56. The van der Waals surface area contributed by atoms with Gasteiger partial charge in [-0.05, 0) is 44.4 Å². The summed E-state index contributed by atoms with van der Waals surface area (Å²) >= 11 is 0. The van der Waals surface area contributed by atoms with Gasteiger partial charge in [-0.3, -0.25) is 19.3 Å². The van der Waals surface area contributed by atoms with E-state index in [0.717, 1.165) is 4.90 Å². The summed E-state index contributed by atoms with van der Waals surface area (Å²) in [7, 11) is -3.69. The van der Waals surface area contributed by atoms with Gasteiger partial charge in [0.2, 0.25) is 27.7 Å². The van der Waals surface area contributed by atoms with E-state index in [9.17, 15) is 22.8 Å². The highest BCUT2D eigenvalue weighted by molar-refractivity contribution is 7.89. The molecule has 2 aliphatic rings. The van der Waals surface area contributed by atoms with E-state index in [2.05, 4.69) is 5.32 Å². The van der Waals surface area contributed by atoms with Crippen LogP contribution in [0.5, 0.6) is 0 Å². The van der Waals surface area contributed by atoms with Crippen LogP contribution in [0.3, 0.4) is 0 Å². The number of nitrogens with one attached hydrogen (secondary N) is 1. The summed E-state index contributed by atoms with van der Waals surface area (Å²) in [5.41, 5.74) is 1.01. The van der Waals surface area contributed by atoms with Crippen LogP contribution < -0.4 is 5.32 Å². The monoisotopic (exact) mass is 447 g/mol. The predicted molar refractivity (Wildman–Crippen MR) is 117 cm³/mol. The van der Waals surface area contributed by atoms with Gasteiger partial charge in [0.25, 0.3) is 0 Å². The molecule has 1 aromatic rings. The molecule has 1 aromatic carbocycles. The van der Waals surface area contributed by atoms with Crippen LogP contribution >= 0.6 is 0 Å². The third-order valence-electron chi connectivity index (χ3n) is 6.12. The van der Waals surface area contributed by atoms with Crippen molar-refractivity contribution in [3.8, 4) is 0 Å². The van der Waals surface area contributed by atoms with Crippen molar-refractivity contribution in [2.75, 3.05) is 18.4 Å². The van der Waals surface area contributed by atoms with Gasteiger partial charge in [-0.15, -0.1) is 0 Å². The molecule has 3 rings (SSSR count). The molecular formula is C22H29N3O5S. The largest absolute Gasteiger partial charge is 0.324 e. The Morgan fingerprint density at radius 3 is 2.19 bits per heavy atom. The highest BCUT2D eigenvalue weighted by Crippen LogP contribution is 2.36. The highest BCUT2D eigenvalue weighted by atomic mass is 32.2. The molecule has 0 aromatic heterocycles. The van der Waals surface area contributed by atoms with Crippen molar-refractivity contribution in [3.63, 3.8) is 0 Å². The number of allylic oxidation sites excluding steroid dienone is 2. The van der Waals surface area contributed by atoms with Crippen LogP contribution in [0, 0.1) is 18.8 Å². The summed E-state index contributed by atoms with van der Waals surface area (Å²) in [4.78, 5) is 39.6.